The van der Waals surface area contributed by atoms with Crippen molar-refractivity contribution >= 4 is 64.0 Å². The molecule has 13 heteroatoms. The Morgan fingerprint density at radius 2 is 1.89 bits per heavy atom. The van der Waals surface area contributed by atoms with Crippen molar-refractivity contribution in [3.8, 4) is 5.75 Å². The number of nitrogens with zero attached hydrogens (tertiary/aromatic N) is 3. The molecule has 2 N–H and O–H groups in total. The Kier molecular flexibility index (Phi) is 11.5. The number of aliphatic hydroxyl groups excluding tert-OH is 1. The number of anilines is 1. The minimum absolute atomic E-state index is 0. The van der Waals surface area contributed by atoms with Crippen molar-refractivity contribution in [1.29, 1.82) is 0 Å². The van der Waals surface area contributed by atoms with Crippen LogP contribution >= 0.6 is 24.0 Å². The number of nitro groups is 1. The predicted molar refractivity (Wildman–Crippen MR) is 171 cm³/mol. The molecule has 11 nitrogen and oxygen atoms in total. The minimum atomic E-state index is -0.519. The van der Waals surface area contributed by atoms with Gasteiger partial charge in [-0.2, -0.15) is 0 Å². The van der Waals surface area contributed by atoms with Gasteiger partial charge in [0.25, 0.3) is 17.5 Å². The zero-order valence-electron chi connectivity index (χ0n) is 23.9. The Morgan fingerprint density at radius 1 is 1.14 bits per heavy atom. The molecule has 1 unspecified atom stereocenters. The van der Waals surface area contributed by atoms with Gasteiger partial charge in [-0.05, 0) is 46.9 Å². The van der Waals surface area contributed by atoms with Gasteiger partial charge < -0.3 is 24.8 Å². The predicted octanol–water partition coefficient (Wildman–Crippen LogP) is 3.99. The van der Waals surface area contributed by atoms with Gasteiger partial charge in [-0.3, -0.25) is 24.6 Å². The summed E-state index contributed by atoms with van der Waals surface area (Å²) in [5.41, 5.74) is 1.98. The van der Waals surface area contributed by atoms with Gasteiger partial charge in [-0.1, -0.05) is 18.2 Å². The summed E-state index contributed by atoms with van der Waals surface area (Å²) < 4.78 is 11.2. The van der Waals surface area contributed by atoms with Crippen molar-refractivity contribution in [2.45, 2.75) is 5.92 Å². The molecule has 1 fully saturated rings. The fraction of sp³-hybridized carbons (Fsp3) is 0.355. The number of benzene rings is 3. The van der Waals surface area contributed by atoms with E-state index in [1.165, 1.54) is 23.1 Å². The highest BCUT2D eigenvalue weighted by Gasteiger charge is 2.35. The number of carbonyl (C=O) groups is 2. The van der Waals surface area contributed by atoms with Crippen LogP contribution in [0.3, 0.4) is 0 Å². The highest BCUT2D eigenvalue weighted by Crippen LogP contribution is 2.45. The van der Waals surface area contributed by atoms with Crippen molar-refractivity contribution < 1.29 is 29.1 Å². The topological polar surface area (TPSA) is 134 Å². The van der Waals surface area contributed by atoms with Crippen LogP contribution < -0.4 is 15.0 Å². The summed E-state index contributed by atoms with van der Waals surface area (Å²) in [6.45, 7) is 4.82. The summed E-state index contributed by atoms with van der Waals surface area (Å²) in [7, 11) is 0. The van der Waals surface area contributed by atoms with Gasteiger partial charge in [0.05, 0.1) is 35.8 Å². The van der Waals surface area contributed by atoms with Crippen molar-refractivity contribution in [2.24, 2.45) is 0 Å². The van der Waals surface area contributed by atoms with Gasteiger partial charge in [0.15, 0.2) is 0 Å². The van der Waals surface area contributed by atoms with E-state index in [1.54, 1.807) is 18.2 Å². The molecule has 2 amide bonds. The smallest absolute Gasteiger partial charge is 0.279 e. The lowest BCUT2D eigenvalue weighted by atomic mass is 9.93. The van der Waals surface area contributed by atoms with E-state index in [-0.39, 0.29) is 66.4 Å². The van der Waals surface area contributed by atoms with Crippen LogP contribution in [0.5, 0.6) is 5.75 Å². The Hall–Kier alpha value is -3.74. The number of ether oxygens (including phenoxy) is 2. The molecule has 3 aromatic rings. The number of morpholine rings is 1. The number of non-ortho nitro benzene ring substituents is 1. The summed E-state index contributed by atoms with van der Waals surface area (Å²) in [5.74, 6) is -0.0785. The van der Waals surface area contributed by atoms with Crippen LogP contribution in [0.1, 0.15) is 27.4 Å². The second kappa shape index (κ2) is 15.3. The molecule has 0 bridgehead atoms. The first-order valence-electron chi connectivity index (χ1n) is 14.1. The zero-order valence-corrected chi connectivity index (χ0v) is 25.5. The van der Waals surface area contributed by atoms with E-state index in [9.17, 15) is 19.7 Å². The second-order valence-electron chi connectivity index (χ2n) is 10.3. The quantitative estimate of drug-likeness (QED) is 0.139. The van der Waals surface area contributed by atoms with Gasteiger partial charge in [0.2, 0.25) is 0 Å². The average molecular weight is 646 g/mol. The number of amides is 2. The number of hydrogen-bond acceptors (Lipinski definition) is 8. The summed E-state index contributed by atoms with van der Waals surface area (Å²) in [6.07, 6.45) is 3.14. The molecule has 234 valence electrons. The molecular weight excluding hydrogens is 611 g/mol. The maximum absolute atomic E-state index is 13.4. The van der Waals surface area contributed by atoms with Gasteiger partial charge in [-0.25, -0.2) is 0 Å². The van der Waals surface area contributed by atoms with Crippen LogP contribution in [0, 0.1) is 10.1 Å². The standard InChI is InChI=1S/C31H33ClN4O7.ClH/c32-19-23-20-35(29(38)8-3-21-1-5-24(6-2-21)43-16-12-34-10-14-42-15-11-34)28-18-27(36(40)41)26-17-22(31(39)33-9-13-37)4-7-25(26)30(23)28;/h1-8,17-18,23,37H,9-16,19-20H2,(H,33,39);1H/b8-3+;. The number of alkyl halides is 1. The molecule has 3 aromatic carbocycles. The molecule has 1 saturated heterocycles. The highest BCUT2D eigenvalue weighted by atomic mass is 35.5. The van der Waals surface area contributed by atoms with Crippen molar-refractivity contribution in [3.05, 3.63) is 81.4 Å². The van der Waals surface area contributed by atoms with Crippen LogP contribution in [0.15, 0.2) is 54.6 Å². The minimum Gasteiger partial charge on any atom is -0.492 e. The van der Waals surface area contributed by atoms with Crippen LogP contribution in [-0.2, 0) is 9.53 Å². The van der Waals surface area contributed by atoms with E-state index >= 15 is 0 Å². The van der Waals surface area contributed by atoms with Gasteiger partial charge in [0.1, 0.15) is 12.4 Å². The molecule has 5 rings (SSSR count). The molecule has 2 aliphatic heterocycles. The van der Waals surface area contributed by atoms with E-state index in [1.807, 2.05) is 24.3 Å². The maximum atomic E-state index is 13.4. The van der Waals surface area contributed by atoms with E-state index in [2.05, 4.69) is 10.2 Å². The molecule has 0 aromatic heterocycles. The average Bonchev–Trinajstić information content (AvgIpc) is 3.42. The normalized spacial score (nSPS) is 16.5. The Morgan fingerprint density at radius 3 is 2.57 bits per heavy atom. The first kappa shape index (κ1) is 33.2. The Balaban J connectivity index is 0.00000442. The highest BCUT2D eigenvalue weighted by molar-refractivity contribution is 6.19. The van der Waals surface area contributed by atoms with Gasteiger partial charge >= 0.3 is 0 Å². The number of nitrogens with one attached hydrogen (secondary N) is 1. The Bertz CT molecular complexity index is 1530. The molecular formula is C31H34Cl2N4O7. The number of hydrogen-bond donors (Lipinski definition) is 2. The number of fused-ring (bicyclic) bond motifs is 3. The van der Waals surface area contributed by atoms with Crippen LogP contribution in [-0.4, -0.2) is 91.8 Å². The molecule has 2 heterocycles. The van der Waals surface area contributed by atoms with Gasteiger partial charge in [0, 0.05) is 62.2 Å². The number of nitro benzene ring substituents is 1. The molecule has 2 aliphatic rings. The summed E-state index contributed by atoms with van der Waals surface area (Å²) in [6, 6.07) is 13.5. The Labute approximate surface area is 265 Å². The number of carbonyl (C=O) groups excluding carboxylic acids is 2. The largest absolute Gasteiger partial charge is 0.492 e. The first-order valence-corrected chi connectivity index (χ1v) is 14.7. The number of rotatable bonds is 11. The third-order valence-electron chi connectivity index (χ3n) is 7.62. The van der Waals surface area contributed by atoms with Crippen LogP contribution in [0.2, 0.25) is 0 Å². The zero-order chi connectivity index (χ0) is 30.3. The fourth-order valence-electron chi connectivity index (χ4n) is 5.42. The third-order valence-corrected chi connectivity index (χ3v) is 8.00. The van der Waals surface area contributed by atoms with E-state index in [0.717, 1.165) is 49.7 Å². The summed E-state index contributed by atoms with van der Waals surface area (Å²) in [5, 5.41) is 24.5. The lowest BCUT2D eigenvalue weighted by molar-refractivity contribution is -0.383. The lowest BCUT2D eigenvalue weighted by Gasteiger charge is -2.26. The summed E-state index contributed by atoms with van der Waals surface area (Å²) in [4.78, 5) is 41.2. The monoisotopic (exact) mass is 644 g/mol. The SMILES string of the molecule is Cl.O=C(NCCO)c1ccc2c3c(cc([N+](=O)[O-])c2c1)N(C(=O)/C=C/c1ccc(OCCN2CCOCC2)cc1)CC3CCl. The van der Waals surface area contributed by atoms with Crippen LogP contribution in [0.4, 0.5) is 11.4 Å². The fourth-order valence-corrected chi connectivity index (χ4v) is 5.68. The van der Waals surface area contributed by atoms with Gasteiger partial charge in [-0.15, -0.1) is 24.0 Å². The second-order valence-corrected chi connectivity index (χ2v) is 10.6. The van der Waals surface area contributed by atoms with Crippen molar-refractivity contribution in [3.63, 3.8) is 0 Å². The van der Waals surface area contributed by atoms with E-state index in [4.69, 9.17) is 26.2 Å². The number of aliphatic hydroxyl groups is 1. The number of halogens is 2. The van der Waals surface area contributed by atoms with Crippen molar-refractivity contribution in [2.75, 3.05) is 69.9 Å². The van der Waals surface area contributed by atoms with Crippen molar-refractivity contribution in [1.82, 2.24) is 10.2 Å². The summed E-state index contributed by atoms with van der Waals surface area (Å²) >= 11 is 6.32. The molecule has 0 aliphatic carbocycles. The van der Waals surface area contributed by atoms with Crippen LogP contribution in [0.25, 0.3) is 16.8 Å². The molecule has 44 heavy (non-hydrogen) atoms. The third kappa shape index (κ3) is 7.48. The molecule has 0 spiro atoms. The molecule has 0 radical (unpaired) electrons. The first-order chi connectivity index (χ1) is 20.9. The van der Waals surface area contributed by atoms with E-state index in [0.29, 0.717) is 17.7 Å². The molecule has 0 saturated carbocycles. The lowest BCUT2D eigenvalue weighted by Crippen LogP contribution is -2.38. The van der Waals surface area contributed by atoms with E-state index < -0.39 is 10.8 Å². The maximum Gasteiger partial charge on any atom is 0.279 e. The molecule has 1 atom stereocenters.